The van der Waals surface area contributed by atoms with Crippen LogP contribution in [0.2, 0.25) is 5.02 Å². The standard InChI is InChI=1S/C20H18ClNO4/c1-3-24-19-11-14(10-16-13(2)22-26-20(16)23)8-9-18(19)25-12-15-6-4-5-7-17(15)21/h4-11H,3,12H2,1-2H3/b16-10+. The Morgan fingerprint density at radius 3 is 2.65 bits per heavy atom. The monoisotopic (exact) mass is 371 g/mol. The molecule has 134 valence electrons. The molecule has 0 N–H and O–H groups in total. The third-order valence-electron chi connectivity index (χ3n) is 3.79. The summed E-state index contributed by atoms with van der Waals surface area (Å²) in [6.45, 7) is 4.44. The van der Waals surface area contributed by atoms with Gasteiger partial charge < -0.3 is 14.3 Å². The van der Waals surface area contributed by atoms with Crippen molar-refractivity contribution >= 4 is 29.4 Å². The van der Waals surface area contributed by atoms with Gasteiger partial charge in [-0.25, -0.2) is 4.79 Å². The van der Waals surface area contributed by atoms with Crippen molar-refractivity contribution in [1.82, 2.24) is 0 Å². The normalized spacial score (nSPS) is 15.0. The molecule has 3 rings (SSSR count). The highest BCUT2D eigenvalue weighted by Gasteiger charge is 2.22. The Kier molecular flexibility index (Phi) is 5.58. The topological polar surface area (TPSA) is 57.1 Å². The maximum Gasteiger partial charge on any atom is 0.367 e. The van der Waals surface area contributed by atoms with Gasteiger partial charge in [-0.1, -0.05) is 41.0 Å². The summed E-state index contributed by atoms with van der Waals surface area (Å²) >= 11 is 6.17. The molecule has 0 aromatic heterocycles. The molecule has 2 aromatic rings. The SMILES string of the molecule is CCOc1cc(/C=C2/C(=O)ON=C2C)ccc1OCc1ccccc1Cl. The summed E-state index contributed by atoms with van der Waals surface area (Å²) in [4.78, 5) is 16.3. The van der Waals surface area contributed by atoms with Gasteiger partial charge in [-0.05, 0) is 43.7 Å². The van der Waals surface area contributed by atoms with Crippen molar-refractivity contribution in [2.75, 3.05) is 6.61 Å². The van der Waals surface area contributed by atoms with Gasteiger partial charge in [0.05, 0.1) is 17.9 Å². The van der Waals surface area contributed by atoms with Crippen LogP contribution in [-0.2, 0) is 16.2 Å². The van der Waals surface area contributed by atoms with E-state index in [2.05, 4.69) is 9.99 Å². The fourth-order valence-electron chi connectivity index (χ4n) is 2.46. The lowest BCUT2D eigenvalue weighted by atomic mass is 10.1. The summed E-state index contributed by atoms with van der Waals surface area (Å²) in [5.41, 5.74) is 2.66. The van der Waals surface area contributed by atoms with Crippen molar-refractivity contribution in [2.45, 2.75) is 20.5 Å². The van der Waals surface area contributed by atoms with Gasteiger partial charge in [0.25, 0.3) is 0 Å². The number of oxime groups is 1. The Hall–Kier alpha value is -2.79. The van der Waals surface area contributed by atoms with Gasteiger partial charge in [0.2, 0.25) is 0 Å². The van der Waals surface area contributed by atoms with E-state index >= 15 is 0 Å². The number of hydrogen-bond acceptors (Lipinski definition) is 5. The van der Waals surface area contributed by atoms with Crippen LogP contribution in [0.4, 0.5) is 0 Å². The third kappa shape index (κ3) is 4.06. The summed E-state index contributed by atoms with van der Waals surface area (Å²) in [5, 5.41) is 4.33. The van der Waals surface area contributed by atoms with Gasteiger partial charge in [0, 0.05) is 10.6 Å². The first-order chi connectivity index (χ1) is 12.6. The molecule has 0 saturated carbocycles. The summed E-state index contributed by atoms with van der Waals surface area (Å²) in [7, 11) is 0. The van der Waals surface area contributed by atoms with E-state index < -0.39 is 5.97 Å². The van der Waals surface area contributed by atoms with Crippen molar-refractivity contribution in [2.24, 2.45) is 5.16 Å². The molecule has 6 heteroatoms. The number of benzene rings is 2. The zero-order valence-electron chi connectivity index (χ0n) is 14.5. The highest BCUT2D eigenvalue weighted by Crippen LogP contribution is 2.31. The molecule has 0 fully saturated rings. The highest BCUT2D eigenvalue weighted by atomic mass is 35.5. The first-order valence-electron chi connectivity index (χ1n) is 8.19. The van der Waals surface area contributed by atoms with E-state index in [-0.39, 0.29) is 0 Å². The Labute approximate surface area is 156 Å². The lowest BCUT2D eigenvalue weighted by molar-refractivity contribution is -0.136. The molecular formula is C20H18ClNO4. The molecule has 0 unspecified atom stereocenters. The molecule has 0 aliphatic carbocycles. The molecule has 1 heterocycles. The van der Waals surface area contributed by atoms with Crippen LogP contribution in [0.25, 0.3) is 6.08 Å². The van der Waals surface area contributed by atoms with Gasteiger partial charge in [-0.3, -0.25) is 0 Å². The molecule has 2 aromatic carbocycles. The number of hydrogen-bond donors (Lipinski definition) is 0. The number of rotatable bonds is 6. The summed E-state index contributed by atoms with van der Waals surface area (Å²) in [6.07, 6.45) is 1.72. The van der Waals surface area contributed by atoms with Gasteiger partial charge in [-0.2, -0.15) is 0 Å². The van der Waals surface area contributed by atoms with Crippen LogP contribution in [0.1, 0.15) is 25.0 Å². The second-order valence-electron chi connectivity index (χ2n) is 5.63. The van der Waals surface area contributed by atoms with E-state index in [1.165, 1.54) is 0 Å². The highest BCUT2D eigenvalue weighted by molar-refractivity contribution is 6.31. The first-order valence-corrected chi connectivity index (χ1v) is 8.57. The molecule has 1 aliphatic heterocycles. The summed E-state index contributed by atoms with van der Waals surface area (Å²) in [6, 6.07) is 13.0. The predicted molar refractivity (Wildman–Crippen MR) is 101 cm³/mol. The number of ether oxygens (including phenoxy) is 2. The second-order valence-corrected chi connectivity index (χ2v) is 6.04. The van der Waals surface area contributed by atoms with Crippen LogP contribution < -0.4 is 9.47 Å². The predicted octanol–water partition coefficient (Wildman–Crippen LogP) is 4.63. The van der Waals surface area contributed by atoms with Gasteiger partial charge >= 0.3 is 5.97 Å². The maximum absolute atomic E-state index is 11.7. The quantitative estimate of drug-likeness (QED) is 0.548. The third-order valence-corrected chi connectivity index (χ3v) is 4.16. The minimum Gasteiger partial charge on any atom is -0.490 e. The molecule has 5 nitrogen and oxygen atoms in total. The van der Waals surface area contributed by atoms with Crippen molar-refractivity contribution < 1.29 is 19.1 Å². The molecule has 0 radical (unpaired) electrons. The average Bonchev–Trinajstić information content (AvgIpc) is 2.94. The zero-order chi connectivity index (χ0) is 18.5. The van der Waals surface area contributed by atoms with Crippen molar-refractivity contribution in [3.63, 3.8) is 0 Å². The van der Waals surface area contributed by atoms with Crippen LogP contribution in [0.5, 0.6) is 11.5 Å². The van der Waals surface area contributed by atoms with Crippen LogP contribution in [0.3, 0.4) is 0 Å². The van der Waals surface area contributed by atoms with Crippen molar-refractivity contribution in [3.8, 4) is 11.5 Å². The van der Waals surface area contributed by atoms with E-state index in [0.29, 0.717) is 41.0 Å². The van der Waals surface area contributed by atoms with Gasteiger partial charge in [-0.15, -0.1) is 0 Å². The summed E-state index contributed by atoms with van der Waals surface area (Å²) < 4.78 is 11.6. The maximum atomic E-state index is 11.7. The summed E-state index contributed by atoms with van der Waals surface area (Å²) in [5.74, 6) is 0.739. The molecule has 0 atom stereocenters. The Morgan fingerprint density at radius 2 is 1.96 bits per heavy atom. The van der Waals surface area contributed by atoms with Gasteiger partial charge in [0.1, 0.15) is 6.61 Å². The fraction of sp³-hybridized carbons (Fsp3) is 0.200. The number of halogens is 1. The lowest BCUT2D eigenvalue weighted by Gasteiger charge is -2.13. The smallest absolute Gasteiger partial charge is 0.367 e. The largest absolute Gasteiger partial charge is 0.490 e. The number of carbonyl (C=O) groups is 1. The van der Waals surface area contributed by atoms with E-state index in [1.807, 2.05) is 43.3 Å². The molecular weight excluding hydrogens is 354 g/mol. The zero-order valence-corrected chi connectivity index (χ0v) is 15.2. The Morgan fingerprint density at radius 1 is 1.15 bits per heavy atom. The molecule has 1 aliphatic rings. The van der Waals surface area contributed by atoms with E-state index in [1.54, 1.807) is 19.1 Å². The van der Waals surface area contributed by atoms with E-state index in [4.69, 9.17) is 21.1 Å². The fourth-order valence-corrected chi connectivity index (χ4v) is 2.65. The first kappa shape index (κ1) is 18.0. The van der Waals surface area contributed by atoms with E-state index in [9.17, 15) is 4.79 Å². The van der Waals surface area contributed by atoms with Crippen molar-refractivity contribution in [1.29, 1.82) is 0 Å². The molecule has 0 saturated heterocycles. The lowest BCUT2D eigenvalue weighted by Crippen LogP contribution is -2.02. The van der Waals surface area contributed by atoms with Crippen LogP contribution in [0, 0.1) is 0 Å². The number of carbonyl (C=O) groups excluding carboxylic acids is 1. The van der Waals surface area contributed by atoms with Crippen molar-refractivity contribution in [3.05, 3.63) is 64.2 Å². The van der Waals surface area contributed by atoms with Crippen LogP contribution in [0.15, 0.2) is 53.2 Å². The molecule has 0 spiro atoms. The minimum absolute atomic E-state index is 0.332. The average molecular weight is 372 g/mol. The Balaban J connectivity index is 1.83. The van der Waals surface area contributed by atoms with E-state index in [0.717, 1.165) is 11.1 Å². The second kappa shape index (κ2) is 8.06. The molecule has 26 heavy (non-hydrogen) atoms. The minimum atomic E-state index is -0.459. The molecule has 0 amide bonds. The van der Waals surface area contributed by atoms with Gasteiger partial charge in [0.15, 0.2) is 11.5 Å². The molecule has 0 bridgehead atoms. The number of nitrogens with zero attached hydrogens (tertiary/aromatic N) is 1. The van der Waals surface area contributed by atoms with Crippen LogP contribution >= 0.6 is 11.6 Å². The Bertz CT molecular complexity index is 889. The van der Waals surface area contributed by atoms with Crippen LogP contribution in [-0.4, -0.2) is 18.3 Å².